The van der Waals surface area contributed by atoms with Crippen molar-refractivity contribution in [2.24, 2.45) is 0 Å². The van der Waals surface area contributed by atoms with Crippen LogP contribution in [0.25, 0.3) is 0 Å². The quantitative estimate of drug-likeness (QED) is 0.636. The van der Waals surface area contributed by atoms with Crippen LogP contribution in [0.15, 0.2) is 18.2 Å². The van der Waals surface area contributed by atoms with Crippen LogP contribution in [-0.2, 0) is 0 Å². The number of aliphatic hydroxyl groups is 1. The highest BCUT2D eigenvalue weighted by molar-refractivity contribution is 6.32. The largest absolute Gasteiger partial charge is 0.491 e. The molecule has 0 spiro atoms. The van der Waals surface area contributed by atoms with E-state index in [-0.39, 0.29) is 17.3 Å². The molecule has 0 aliphatic heterocycles. The smallest absolute Gasteiger partial charge is 0.288 e. The Labute approximate surface area is 91.4 Å². The third-order valence-corrected chi connectivity index (χ3v) is 1.91. The van der Waals surface area contributed by atoms with Gasteiger partial charge in [-0.2, -0.15) is 0 Å². The van der Waals surface area contributed by atoms with Crippen LogP contribution in [0.3, 0.4) is 0 Å². The highest BCUT2D eigenvalue weighted by Crippen LogP contribution is 2.28. The molecule has 0 bridgehead atoms. The molecule has 0 heterocycles. The van der Waals surface area contributed by atoms with Crippen molar-refractivity contribution in [2.45, 2.75) is 13.0 Å². The Morgan fingerprint density at radius 3 is 2.80 bits per heavy atom. The SMILES string of the molecule is C[C@@H](O)COc1ccc([N+](=O)[O-])c(Cl)c1. The predicted molar refractivity (Wildman–Crippen MR) is 55.3 cm³/mol. The van der Waals surface area contributed by atoms with Crippen LogP contribution in [0.2, 0.25) is 5.02 Å². The first kappa shape index (κ1) is 11.7. The lowest BCUT2D eigenvalue weighted by atomic mass is 10.3. The molecule has 0 saturated carbocycles. The standard InChI is InChI=1S/C9H10ClNO4/c1-6(12)5-15-7-2-3-9(11(13)14)8(10)4-7/h2-4,6,12H,5H2,1H3/t6-/m1/s1. The van der Waals surface area contributed by atoms with Crippen LogP contribution in [0.5, 0.6) is 5.75 Å². The zero-order chi connectivity index (χ0) is 11.4. The van der Waals surface area contributed by atoms with Gasteiger partial charge in [-0.3, -0.25) is 10.1 Å². The molecule has 1 aromatic carbocycles. The maximum absolute atomic E-state index is 10.4. The van der Waals surface area contributed by atoms with Gasteiger partial charge < -0.3 is 9.84 Å². The highest BCUT2D eigenvalue weighted by atomic mass is 35.5. The molecule has 0 fully saturated rings. The fourth-order valence-electron chi connectivity index (χ4n) is 0.942. The van der Waals surface area contributed by atoms with E-state index >= 15 is 0 Å². The van der Waals surface area contributed by atoms with Gasteiger partial charge in [-0.1, -0.05) is 11.6 Å². The summed E-state index contributed by atoms with van der Waals surface area (Å²) in [4.78, 5) is 9.87. The fraction of sp³-hybridized carbons (Fsp3) is 0.333. The second kappa shape index (κ2) is 4.95. The Morgan fingerprint density at radius 1 is 1.67 bits per heavy atom. The summed E-state index contributed by atoms with van der Waals surface area (Å²) in [5.41, 5.74) is -0.166. The van der Waals surface area contributed by atoms with Crippen LogP contribution in [0, 0.1) is 10.1 Å². The van der Waals surface area contributed by atoms with Crippen LogP contribution >= 0.6 is 11.6 Å². The van der Waals surface area contributed by atoms with Crippen molar-refractivity contribution in [3.63, 3.8) is 0 Å². The lowest BCUT2D eigenvalue weighted by molar-refractivity contribution is -0.384. The van der Waals surface area contributed by atoms with Crippen molar-refractivity contribution in [1.29, 1.82) is 0 Å². The van der Waals surface area contributed by atoms with Gasteiger partial charge in [0.15, 0.2) is 0 Å². The molecule has 82 valence electrons. The molecular weight excluding hydrogens is 222 g/mol. The maximum Gasteiger partial charge on any atom is 0.288 e. The van der Waals surface area contributed by atoms with Gasteiger partial charge >= 0.3 is 0 Å². The van der Waals surface area contributed by atoms with E-state index in [0.717, 1.165) is 0 Å². The van der Waals surface area contributed by atoms with E-state index < -0.39 is 11.0 Å². The Hall–Kier alpha value is -1.33. The number of benzene rings is 1. The van der Waals surface area contributed by atoms with E-state index in [0.29, 0.717) is 5.75 Å². The van der Waals surface area contributed by atoms with Gasteiger partial charge in [0.2, 0.25) is 0 Å². The molecule has 6 heteroatoms. The van der Waals surface area contributed by atoms with Gasteiger partial charge in [-0.15, -0.1) is 0 Å². The van der Waals surface area contributed by atoms with Crippen molar-refractivity contribution < 1.29 is 14.8 Å². The van der Waals surface area contributed by atoms with Crippen LogP contribution in [0.4, 0.5) is 5.69 Å². The first-order valence-corrected chi connectivity index (χ1v) is 4.63. The number of hydrogen-bond acceptors (Lipinski definition) is 4. The molecule has 0 radical (unpaired) electrons. The molecule has 1 rings (SSSR count). The second-order valence-corrected chi connectivity index (χ2v) is 3.44. The fourth-order valence-corrected chi connectivity index (χ4v) is 1.18. The zero-order valence-electron chi connectivity index (χ0n) is 8.01. The summed E-state index contributed by atoms with van der Waals surface area (Å²) in [5, 5.41) is 19.4. The molecule has 0 amide bonds. The van der Waals surface area contributed by atoms with Crippen molar-refractivity contribution in [3.05, 3.63) is 33.3 Å². The first-order chi connectivity index (χ1) is 7.00. The molecular formula is C9H10ClNO4. The Bertz CT molecular complexity index is 367. The average Bonchev–Trinajstić information content (AvgIpc) is 2.14. The molecule has 15 heavy (non-hydrogen) atoms. The van der Waals surface area contributed by atoms with Gasteiger partial charge in [0, 0.05) is 12.1 Å². The van der Waals surface area contributed by atoms with Crippen molar-refractivity contribution in [1.82, 2.24) is 0 Å². The second-order valence-electron chi connectivity index (χ2n) is 3.03. The molecule has 0 aliphatic rings. The topological polar surface area (TPSA) is 72.6 Å². The molecule has 5 nitrogen and oxygen atoms in total. The van der Waals surface area contributed by atoms with Crippen LogP contribution in [-0.4, -0.2) is 22.7 Å². The average molecular weight is 232 g/mol. The van der Waals surface area contributed by atoms with Gasteiger partial charge in [0.1, 0.15) is 17.4 Å². The maximum atomic E-state index is 10.4. The monoisotopic (exact) mass is 231 g/mol. The molecule has 1 atom stereocenters. The van der Waals surface area contributed by atoms with Crippen LogP contribution in [0.1, 0.15) is 6.92 Å². The summed E-state index contributed by atoms with van der Waals surface area (Å²) in [7, 11) is 0. The van der Waals surface area contributed by atoms with Gasteiger partial charge in [0.05, 0.1) is 11.0 Å². The zero-order valence-corrected chi connectivity index (χ0v) is 8.77. The number of aliphatic hydroxyl groups excluding tert-OH is 1. The molecule has 1 N–H and O–H groups in total. The van der Waals surface area contributed by atoms with E-state index in [1.165, 1.54) is 18.2 Å². The Morgan fingerprint density at radius 2 is 2.33 bits per heavy atom. The predicted octanol–water partition coefficient (Wildman–Crippen LogP) is 2.01. The normalized spacial score (nSPS) is 12.2. The third-order valence-electron chi connectivity index (χ3n) is 1.61. The minimum absolute atomic E-state index is 0.0168. The van der Waals surface area contributed by atoms with Gasteiger partial charge in [-0.05, 0) is 13.0 Å². The van der Waals surface area contributed by atoms with Crippen molar-refractivity contribution in [2.75, 3.05) is 6.61 Å². The number of nitro groups is 1. The van der Waals surface area contributed by atoms with E-state index in [2.05, 4.69) is 0 Å². The number of ether oxygens (including phenoxy) is 1. The number of hydrogen-bond donors (Lipinski definition) is 1. The van der Waals surface area contributed by atoms with E-state index in [1.54, 1.807) is 6.92 Å². The molecule has 0 saturated heterocycles. The van der Waals surface area contributed by atoms with Gasteiger partial charge in [-0.25, -0.2) is 0 Å². The summed E-state index contributed by atoms with van der Waals surface area (Å²) >= 11 is 5.66. The Kier molecular flexibility index (Phi) is 3.88. The van der Waals surface area contributed by atoms with E-state index in [4.69, 9.17) is 21.4 Å². The summed E-state index contributed by atoms with van der Waals surface area (Å²) in [6, 6.07) is 4.05. The van der Waals surface area contributed by atoms with Crippen molar-refractivity contribution in [3.8, 4) is 5.75 Å². The molecule has 0 aliphatic carbocycles. The van der Waals surface area contributed by atoms with E-state index in [1.807, 2.05) is 0 Å². The Balaban J connectivity index is 2.78. The number of nitro benzene ring substituents is 1. The summed E-state index contributed by atoms with van der Waals surface area (Å²) in [6.07, 6.45) is -0.598. The van der Waals surface area contributed by atoms with E-state index in [9.17, 15) is 10.1 Å². The lowest BCUT2D eigenvalue weighted by Gasteiger charge is -2.07. The summed E-state index contributed by atoms with van der Waals surface area (Å²) in [5.74, 6) is 0.395. The summed E-state index contributed by atoms with van der Waals surface area (Å²) in [6.45, 7) is 1.70. The van der Waals surface area contributed by atoms with Crippen LogP contribution < -0.4 is 4.74 Å². The van der Waals surface area contributed by atoms with Gasteiger partial charge in [0.25, 0.3) is 5.69 Å². The molecule has 0 aromatic heterocycles. The highest BCUT2D eigenvalue weighted by Gasteiger charge is 2.12. The number of rotatable bonds is 4. The van der Waals surface area contributed by atoms with Crippen molar-refractivity contribution >= 4 is 17.3 Å². The third kappa shape index (κ3) is 3.38. The number of nitrogens with zero attached hydrogens (tertiary/aromatic N) is 1. The lowest BCUT2D eigenvalue weighted by Crippen LogP contribution is -2.12. The summed E-state index contributed by atoms with van der Waals surface area (Å²) < 4.78 is 5.13. The first-order valence-electron chi connectivity index (χ1n) is 4.25. The molecule has 0 unspecified atom stereocenters. The number of halogens is 1. The minimum atomic E-state index is -0.598. The minimum Gasteiger partial charge on any atom is -0.491 e. The molecule has 1 aromatic rings.